The van der Waals surface area contributed by atoms with Crippen LogP contribution in [0.15, 0.2) is 85.1 Å². The second kappa shape index (κ2) is 8.24. The van der Waals surface area contributed by atoms with Crippen LogP contribution in [0, 0.1) is 0 Å². The molecule has 134 valence electrons. The van der Waals surface area contributed by atoms with E-state index in [0.717, 1.165) is 36.0 Å². The fourth-order valence-electron chi connectivity index (χ4n) is 3.29. The molecule has 0 atom stereocenters. The SMILES string of the molecule is Clc1ccc2c(NCCCc3ccc(-c4ccccc4)cc3)ccnc2c1. The highest BCUT2D eigenvalue weighted by molar-refractivity contribution is 6.31. The number of hydrogen-bond acceptors (Lipinski definition) is 2. The number of benzene rings is 3. The summed E-state index contributed by atoms with van der Waals surface area (Å²) in [5.41, 5.74) is 5.91. The minimum absolute atomic E-state index is 0.714. The first-order valence-electron chi connectivity index (χ1n) is 9.22. The summed E-state index contributed by atoms with van der Waals surface area (Å²) in [6.45, 7) is 0.919. The van der Waals surface area contributed by atoms with Gasteiger partial charge < -0.3 is 5.32 Å². The van der Waals surface area contributed by atoms with Crippen molar-refractivity contribution in [3.63, 3.8) is 0 Å². The van der Waals surface area contributed by atoms with Crippen molar-refractivity contribution in [3.8, 4) is 11.1 Å². The Kier molecular flexibility index (Phi) is 5.36. The third-order valence-electron chi connectivity index (χ3n) is 4.72. The number of anilines is 1. The molecule has 1 N–H and O–H groups in total. The zero-order chi connectivity index (χ0) is 18.5. The second-order valence-electron chi connectivity index (χ2n) is 6.61. The highest BCUT2D eigenvalue weighted by Gasteiger charge is 2.03. The smallest absolute Gasteiger partial charge is 0.0737 e. The molecule has 27 heavy (non-hydrogen) atoms. The van der Waals surface area contributed by atoms with Crippen molar-refractivity contribution in [1.29, 1.82) is 0 Å². The van der Waals surface area contributed by atoms with E-state index in [0.29, 0.717) is 5.02 Å². The van der Waals surface area contributed by atoms with E-state index in [1.165, 1.54) is 16.7 Å². The average molecular weight is 373 g/mol. The predicted octanol–water partition coefficient (Wildman–Crippen LogP) is 6.60. The van der Waals surface area contributed by atoms with Gasteiger partial charge in [0, 0.05) is 28.8 Å². The second-order valence-corrected chi connectivity index (χ2v) is 7.05. The quantitative estimate of drug-likeness (QED) is 0.385. The maximum absolute atomic E-state index is 6.06. The first kappa shape index (κ1) is 17.6. The summed E-state index contributed by atoms with van der Waals surface area (Å²) in [6, 6.07) is 27.2. The summed E-state index contributed by atoms with van der Waals surface area (Å²) in [4.78, 5) is 4.39. The number of aryl methyl sites for hydroxylation is 1. The molecule has 0 saturated heterocycles. The van der Waals surface area contributed by atoms with Crippen molar-refractivity contribution >= 4 is 28.2 Å². The summed E-state index contributed by atoms with van der Waals surface area (Å²) < 4.78 is 0. The first-order chi connectivity index (χ1) is 13.3. The van der Waals surface area contributed by atoms with Crippen LogP contribution in [0.1, 0.15) is 12.0 Å². The molecule has 0 unspecified atom stereocenters. The molecule has 0 fully saturated rings. The lowest BCUT2D eigenvalue weighted by atomic mass is 10.0. The summed E-state index contributed by atoms with van der Waals surface area (Å²) in [7, 11) is 0. The molecule has 3 aromatic carbocycles. The number of halogens is 1. The maximum atomic E-state index is 6.06. The van der Waals surface area contributed by atoms with Crippen LogP contribution >= 0.6 is 11.6 Å². The van der Waals surface area contributed by atoms with E-state index in [1.54, 1.807) is 0 Å². The molecule has 3 heteroatoms. The van der Waals surface area contributed by atoms with Gasteiger partial charge in [0.25, 0.3) is 0 Å². The average Bonchev–Trinajstić information content (AvgIpc) is 2.72. The monoisotopic (exact) mass is 372 g/mol. The van der Waals surface area contributed by atoms with Crippen LogP contribution in [-0.4, -0.2) is 11.5 Å². The van der Waals surface area contributed by atoms with Gasteiger partial charge in [0.15, 0.2) is 0 Å². The summed E-state index contributed by atoms with van der Waals surface area (Å²) in [6.07, 6.45) is 3.95. The molecule has 1 aromatic heterocycles. The van der Waals surface area contributed by atoms with Gasteiger partial charge in [-0.05, 0) is 53.8 Å². The molecule has 4 aromatic rings. The number of rotatable bonds is 6. The molecule has 0 aliphatic heterocycles. The number of fused-ring (bicyclic) bond motifs is 1. The fraction of sp³-hybridized carbons (Fsp3) is 0.125. The number of nitrogens with one attached hydrogen (secondary N) is 1. The normalized spacial score (nSPS) is 10.9. The number of pyridine rings is 1. The minimum Gasteiger partial charge on any atom is -0.384 e. The van der Waals surface area contributed by atoms with Gasteiger partial charge in [-0.25, -0.2) is 0 Å². The summed E-state index contributed by atoms with van der Waals surface area (Å²) in [5.74, 6) is 0. The standard InChI is InChI=1S/C24H21ClN2/c25-21-12-13-22-23(14-16-27-24(22)17-21)26-15-4-5-18-8-10-20(11-9-18)19-6-2-1-3-7-19/h1-3,6-14,16-17H,4-5,15H2,(H,26,27). The Morgan fingerprint density at radius 3 is 2.41 bits per heavy atom. The zero-order valence-corrected chi connectivity index (χ0v) is 15.8. The van der Waals surface area contributed by atoms with Gasteiger partial charge >= 0.3 is 0 Å². The first-order valence-corrected chi connectivity index (χ1v) is 9.60. The van der Waals surface area contributed by atoms with E-state index in [9.17, 15) is 0 Å². The van der Waals surface area contributed by atoms with Crippen LogP contribution in [0.3, 0.4) is 0 Å². The Hall–Kier alpha value is -2.84. The molecule has 0 aliphatic rings. The topological polar surface area (TPSA) is 24.9 Å². The lowest BCUT2D eigenvalue weighted by Crippen LogP contribution is -2.03. The van der Waals surface area contributed by atoms with Crippen molar-refractivity contribution < 1.29 is 0 Å². The van der Waals surface area contributed by atoms with Crippen LogP contribution in [0.5, 0.6) is 0 Å². The van der Waals surface area contributed by atoms with E-state index in [-0.39, 0.29) is 0 Å². The van der Waals surface area contributed by atoms with Crippen molar-refractivity contribution in [3.05, 3.63) is 95.6 Å². The Morgan fingerprint density at radius 1 is 0.815 bits per heavy atom. The Labute approximate surface area is 164 Å². The van der Waals surface area contributed by atoms with Gasteiger partial charge in [0.05, 0.1) is 5.52 Å². The summed E-state index contributed by atoms with van der Waals surface area (Å²) >= 11 is 6.06. The van der Waals surface area contributed by atoms with Gasteiger partial charge in [-0.1, -0.05) is 66.2 Å². The highest BCUT2D eigenvalue weighted by atomic mass is 35.5. The van der Waals surface area contributed by atoms with Crippen LogP contribution in [0.2, 0.25) is 5.02 Å². The van der Waals surface area contributed by atoms with Gasteiger partial charge in [0.1, 0.15) is 0 Å². The molecule has 2 nitrogen and oxygen atoms in total. The lowest BCUT2D eigenvalue weighted by molar-refractivity contribution is 0.864. The predicted molar refractivity (Wildman–Crippen MR) is 115 cm³/mol. The van der Waals surface area contributed by atoms with E-state index >= 15 is 0 Å². The Morgan fingerprint density at radius 2 is 1.59 bits per heavy atom. The lowest BCUT2D eigenvalue weighted by Gasteiger charge is -2.10. The number of aromatic nitrogens is 1. The molecular formula is C24H21ClN2. The molecular weight excluding hydrogens is 352 g/mol. The number of hydrogen-bond donors (Lipinski definition) is 1. The van der Waals surface area contributed by atoms with Gasteiger partial charge in [-0.2, -0.15) is 0 Å². The summed E-state index contributed by atoms with van der Waals surface area (Å²) in [5, 5.41) is 5.35. The number of nitrogens with zero attached hydrogens (tertiary/aromatic N) is 1. The molecule has 0 spiro atoms. The Balaban J connectivity index is 1.34. The molecule has 0 bridgehead atoms. The highest BCUT2D eigenvalue weighted by Crippen LogP contribution is 2.24. The molecule has 0 radical (unpaired) electrons. The van der Waals surface area contributed by atoms with Crippen molar-refractivity contribution in [2.75, 3.05) is 11.9 Å². The molecule has 1 heterocycles. The maximum Gasteiger partial charge on any atom is 0.0737 e. The van der Waals surface area contributed by atoms with Crippen molar-refractivity contribution in [1.82, 2.24) is 4.98 Å². The zero-order valence-electron chi connectivity index (χ0n) is 15.0. The third-order valence-corrected chi connectivity index (χ3v) is 4.96. The molecule has 0 saturated carbocycles. The van der Waals surface area contributed by atoms with Crippen LogP contribution in [0.4, 0.5) is 5.69 Å². The van der Waals surface area contributed by atoms with E-state index in [1.807, 2.05) is 36.5 Å². The van der Waals surface area contributed by atoms with Gasteiger partial charge in [0.2, 0.25) is 0 Å². The van der Waals surface area contributed by atoms with Crippen molar-refractivity contribution in [2.24, 2.45) is 0 Å². The minimum atomic E-state index is 0.714. The van der Waals surface area contributed by atoms with Gasteiger partial charge in [-0.3, -0.25) is 4.98 Å². The Bertz CT molecular complexity index is 1030. The van der Waals surface area contributed by atoms with E-state index in [2.05, 4.69) is 58.8 Å². The molecule has 4 rings (SSSR count). The van der Waals surface area contributed by atoms with E-state index < -0.39 is 0 Å². The van der Waals surface area contributed by atoms with Crippen LogP contribution < -0.4 is 5.32 Å². The van der Waals surface area contributed by atoms with Crippen LogP contribution in [0.25, 0.3) is 22.0 Å². The molecule has 0 amide bonds. The fourth-order valence-corrected chi connectivity index (χ4v) is 3.45. The third kappa shape index (κ3) is 4.29. The van der Waals surface area contributed by atoms with Gasteiger partial charge in [-0.15, -0.1) is 0 Å². The van der Waals surface area contributed by atoms with Crippen molar-refractivity contribution in [2.45, 2.75) is 12.8 Å². The molecule has 0 aliphatic carbocycles. The largest absolute Gasteiger partial charge is 0.384 e. The van der Waals surface area contributed by atoms with E-state index in [4.69, 9.17) is 11.6 Å². The van der Waals surface area contributed by atoms with Crippen LogP contribution in [-0.2, 0) is 6.42 Å².